The van der Waals surface area contributed by atoms with E-state index in [0.717, 1.165) is 33.2 Å². The van der Waals surface area contributed by atoms with Gasteiger partial charge in [0, 0.05) is 10.8 Å². The number of ether oxygens (including phenoxy) is 1. The Morgan fingerprint density at radius 2 is 2.04 bits per heavy atom. The Labute approximate surface area is 144 Å². The van der Waals surface area contributed by atoms with Gasteiger partial charge in [-0.3, -0.25) is 4.99 Å². The average Bonchev–Trinajstić information content (AvgIpc) is 3.14. The third kappa shape index (κ3) is 2.92. The Hall–Kier alpha value is -3.34. The van der Waals surface area contributed by atoms with E-state index in [-0.39, 0.29) is 0 Å². The Bertz CT molecular complexity index is 1070. The maximum atomic E-state index is 6.37. The number of hydrogen-bond donors (Lipinski definition) is 1. The summed E-state index contributed by atoms with van der Waals surface area (Å²) >= 11 is 0. The van der Waals surface area contributed by atoms with Crippen LogP contribution >= 0.6 is 0 Å². The number of pyridine rings is 1. The van der Waals surface area contributed by atoms with E-state index in [9.17, 15) is 0 Å². The monoisotopic (exact) mass is 331 g/mol. The van der Waals surface area contributed by atoms with Crippen LogP contribution in [-0.4, -0.2) is 17.8 Å². The number of fused-ring (bicyclic) bond motifs is 2. The average molecular weight is 331 g/mol. The molecular weight excluding hydrogens is 314 g/mol. The SMILES string of the molecule is CCOc1ccc2nc3cc(N=Cc4ccco4)ccc3c(N)c2c1. The second-order valence-corrected chi connectivity index (χ2v) is 5.61. The fourth-order valence-electron chi connectivity index (χ4n) is 2.78. The number of rotatable bonds is 4. The van der Waals surface area contributed by atoms with Crippen LogP contribution in [0.25, 0.3) is 21.8 Å². The van der Waals surface area contributed by atoms with E-state index in [1.54, 1.807) is 12.5 Å². The molecule has 25 heavy (non-hydrogen) atoms. The van der Waals surface area contributed by atoms with Crippen molar-refractivity contribution in [3.8, 4) is 5.75 Å². The van der Waals surface area contributed by atoms with Crippen LogP contribution in [0, 0.1) is 0 Å². The summed E-state index contributed by atoms with van der Waals surface area (Å²) < 4.78 is 10.8. The van der Waals surface area contributed by atoms with E-state index in [2.05, 4.69) is 4.99 Å². The normalized spacial score (nSPS) is 11.6. The standard InChI is InChI=1S/C20H17N3O2/c1-2-24-14-6-8-18-17(11-14)20(21)16-7-5-13(10-19(16)23-18)22-12-15-4-3-9-25-15/h3-12H,2H2,1H3,(H2,21,23). The number of nitrogens with zero attached hydrogens (tertiary/aromatic N) is 2. The molecule has 0 aliphatic rings. The molecule has 5 nitrogen and oxygen atoms in total. The minimum absolute atomic E-state index is 0.615. The molecule has 0 saturated carbocycles. The summed E-state index contributed by atoms with van der Waals surface area (Å²) in [6.45, 7) is 2.57. The molecule has 0 fully saturated rings. The summed E-state index contributed by atoms with van der Waals surface area (Å²) in [5, 5.41) is 1.79. The number of anilines is 1. The minimum Gasteiger partial charge on any atom is -0.494 e. The van der Waals surface area contributed by atoms with E-state index in [4.69, 9.17) is 19.9 Å². The highest BCUT2D eigenvalue weighted by Crippen LogP contribution is 2.32. The van der Waals surface area contributed by atoms with Gasteiger partial charge >= 0.3 is 0 Å². The predicted octanol–water partition coefficient (Wildman–Crippen LogP) is 4.71. The molecule has 0 saturated heterocycles. The molecule has 0 amide bonds. The molecule has 0 spiro atoms. The highest BCUT2D eigenvalue weighted by Gasteiger charge is 2.08. The molecule has 4 aromatic rings. The highest BCUT2D eigenvalue weighted by molar-refractivity contribution is 6.07. The molecular formula is C20H17N3O2. The Kier molecular flexibility index (Phi) is 3.82. The lowest BCUT2D eigenvalue weighted by molar-refractivity contribution is 0.341. The van der Waals surface area contributed by atoms with Crippen LogP contribution in [0.4, 0.5) is 11.4 Å². The zero-order valence-corrected chi connectivity index (χ0v) is 13.8. The summed E-state index contributed by atoms with van der Waals surface area (Å²) in [4.78, 5) is 9.14. The molecule has 0 aliphatic carbocycles. The summed E-state index contributed by atoms with van der Waals surface area (Å²) in [5.74, 6) is 1.50. The van der Waals surface area contributed by atoms with E-state index in [0.29, 0.717) is 18.1 Å². The molecule has 0 bridgehead atoms. The van der Waals surface area contributed by atoms with Gasteiger partial charge in [0.15, 0.2) is 0 Å². The van der Waals surface area contributed by atoms with Crippen molar-refractivity contribution in [1.82, 2.24) is 4.98 Å². The maximum absolute atomic E-state index is 6.37. The summed E-state index contributed by atoms with van der Waals surface area (Å²) in [7, 11) is 0. The molecule has 2 heterocycles. The molecule has 124 valence electrons. The van der Waals surface area contributed by atoms with Gasteiger partial charge in [0.1, 0.15) is 11.5 Å². The summed E-state index contributed by atoms with van der Waals surface area (Å²) in [6.07, 6.45) is 3.30. The van der Waals surface area contributed by atoms with Gasteiger partial charge < -0.3 is 14.9 Å². The van der Waals surface area contributed by atoms with Crippen molar-refractivity contribution in [3.05, 3.63) is 60.6 Å². The molecule has 0 atom stereocenters. The molecule has 2 aromatic carbocycles. The van der Waals surface area contributed by atoms with E-state index in [1.165, 1.54) is 0 Å². The first-order valence-corrected chi connectivity index (χ1v) is 8.08. The third-order valence-corrected chi connectivity index (χ3v) is 3.97. The predicted molar refractivity (Wildman–Crippen MR) is 101 cm³/mol. The fourth-order valence-corrected chi connectivity index (χ4v) is 2.78. The van der Waals surface area contributed by atoms with Crippen LogP contribution in [0.3, 0.4) is 0 Å². The second kappa shape index (κ2) is 6.28. The van der Waals surface area contributed by atoms with Gasteiger partial charge in [-0.15, -0.1) is 0 Å². The number of hydrogen-bond acceptors (Lipinski definition) is 5. The van der Waals surface area contributed by atoms with Crippen molar-refractivity contribution in [2.45, 2.75) is 6.92 Å². The van der Waals surface area contributed by atoms with Crippen LogP contribution in [0.15, 0.2) is 64.2 Å². The van der Waals surface area contributed by atoms with Crippen molar-refractivity contribution >= 4 is 39.4 Å². The van der Waals surface area contributed by atoms with Crippen LogP contribution in [0.2, 0.25) is 0 Å². The fraction of sp³-hybridized carbons (Fsp3) is 0.100. The molecule has 0 unspecified atom stereocenters. The topological polar surface area (TPSA) is 73.6 Å². The zero-order valence-electron chi connectivity index (χ0n) is 13.8. The Morgan fingerprint density at radius 3 is 2.84 bits per heavy atom. The van der Waals surface area contributed by atoms with Gasteiger partial charge in [0.2, 0.25) is 0 Å². The first-order chi connectivity index (χ1) is 12.2. The number of nitrogens with two attached hydrogens (primary N) is 1. The van der Waals surface area contributed by atoms with E-state index in [1.807, 2.05) is 55.5 Å². The van der Waals surface area contributed by atoms with Crippen LogP contribution < -0.4 is 10.5 Å². The van der Waals surface area contributed by atoms with Crippen LogP contribution in [-0.2, 0) is 0 Å². The van der Waals surface area contributed by atoms with Crippen LogP contribution in [0.1, 0.15) is 12.7 Å². The Morgan fingerprint density at radius 1 is 1.12 bits per heavy atom. The quantitative estimate of drug-likeness (QED) is 0.434. The number of aromatic nitrogens is 1. The number of nitrogen functional groups attached to an aromatic ring is 1. The second-order valence-electron chi connectivity index (χ2n) is 5.61. The lowest BCUT2D eigenvalue weighted by Crippen LogP contribution is -1.95. The molecule has 4 rings (SSSR count). The lowest BCUT2D eigenvalue weighted by atomic mass is 10.1. The summed E-state index contributed by atoms with van der Waals surface area (Å²) in [6, 6.07) is 15.2. The molecule has 5 heteroatoms. The van der Waals surface area contributed by atoms with Gasteiger partial charge in [0.05, 0.1) is 41.5 Å². The van der Waals surface area contributed by atoms with Crippen LogP contribution in [0.5, 0.6) is 5.75 Å². The smallest absolute Gasteiger partial charge is 0.144 e. The van der Waals surface area contributed by atoms with Gasteiger partial charge in [0.25, 0.3) is 0 Å². The molecule has 0 aliphatic heterocycles. The third-order valence-electron chi connectivity index (χ3n) is 3.97. The van der Waals surface area contributed by atoms with Gasteiger partial charge in [-0.05, 0) is 55.5 Å². The first kappa shape index (κ1) is 15.2. The number of benzene rings is 2. The van der Waals surface area contributed by atoms with Gasteiger partial charge in [-0.25, -0.2) is 4.98 Å². The number of furan rings is 1. The molecule has 2 N–H and O–H groups in total. The van der Waals surface area contributed by atoms with Crippen molar-refractivity contribution < 1.29 is 9.15 Å². The van der Waals surface area contributed by atoms with Crippen molar-refractivity contribution in [2.24, 2.45) is 4.99 Å². The molecule has 2 aromatic heterocycles. The maximum Gasteiger partial charge on any atom is 0.144 e. The van der Waals surface area contributed by atoms with Crippen molar-refractivity contribution in [3.63, 3.8) is 0 Å². The largest absolute Gasteiger partial charge is 0.494 e. The number of aliphatic imine (C=N–C) groups is 1. The zero-order chi connectivity index (χ0) is 17.2. The van der Waals surface area contributed by atoms with Gasteiger partial charge in [-0.1, -0.05) is 0 Å². The first-order valence-electron chi connectivity index (χ1n) is 8.08. The van der Waals surface area contributed by atoms with Crippen molar-refractivity contribution in [1.29, 1.82) is 0 Å². The lowest BCUT2D eigenvalue weighted by Gasteiger charge is -2.09. The highest BCUT2D eigenvalue weighted by atomic mass is 16.5. The minimum atomic E-state index is 0.615. The summed E-state index contributed by atoms with van der Waals surface area (Å²) in [5.41, 5.74) is 9.50. The van der Waals surface area contributed by atoms with E-state index < -0.39 is 0 Å². The molecule has 0 radical (unpaired) electrons. The van der Waals surface area contributed by atoms with E-state index >= 15 is 0 Å². The van der Waals surface area contributed by atoms with Gasteiger partial charge in [-0.2, -0.15) is 0 Å². The van der Waals surface area contributed by atoms with Crippen molar-refractivity contribution in [2.75, 3.05) is 12.3 Å². The Balaban J connectivity index is 1.80.